The average Bonchev–Trinajstić information content (AvgIpc) is 2.61. The number of aromatic nitrogens is 1. The second kappa shape index (κ2) is 7.26. The minimum absolute atomic E-state index is 0.0486. The average molecular weight is 373 g/mol. The zero-order chi connectivity index (χ0) is 19.6. The van der Waals surface area contributed by atoms with Gasteiger partial charge in [0.15, 0.2) is 0 Å². The molecular weight excluding hydrogens is 355 g/mol. The second-order valence-electron chi connectivity index (χ2n) is 6.39. The maximum atomic E-state index is 13.1. The lowest BCUT2D eigenvalue weighted by atomic mass is 10.1. The van der Waals surface area contributed by atoms with Gasteiger partial charge in [0.1, 0.15) is 0 Å². The predicted molar refractivity (Wildman–Crippen MR) is 99.9 cm³/mol. The van der Waals surface area contributed by atoms with Gasteiger partial charge in [-0.05, 0) is 44.2 Å². The van der Waals surface area contributed by atoms with E-state index in [1.165, 1.54) is 6.07 Å². The molecule has 0 aliphatic rings. The summed E-state index contributed by atoms with van der Waals surface area (Å²) in [7, 11) is 0. The van der Waals surface area contributed by atoms with Crippen molar-refractivity contribution >= 4 is 28.2 Å². The van der Waals surface area contributed by atoms with E-state index in [9.17, 15) is 18.0 Å². The van der Waals surface area contributed by atoms with Crippen LogP contribution in [0, 0.1) is 0 Å². The first-order chi connectivity index (χ1) is 12.8. The molecule has 2 N–H and O–H groups in total. The number of rotatable bonds is 4. The Morgan fingerprint density at radius 1 is 1.04 bits per heavy atom. The lowest BCUT2D eigenvalue weighted by molar-refractivity contribution is -0.137. The van der Waals surface area contributed by atoms with E-state index in [0.717, 1.165) is 17.5 Å². The van der Waals surface area contributed by atoms with Crippen LogP contribution in [0.5, 0.6) is 0 Å². The lowest BCUT2D eigenvalue weighted by Crippen LogP contribution is -2.19. The van der Waals surface area contributed by atoms with Gasteiger partial charge in [-0.1, -0.05) is 18.2 Å². The maximum absolute atomic E-state index is 13.1. The number of carbonyl (C=O) groups is 1. The highest BCUT2D eigenvalue weighted by molar-refractivity contribution is 6.11. The van der Waals surface area contributed by atoms with Gasteiger partial charge < -0.3 is 10.6 Å². The molecule has 0 fully saturated rings. The van der Waals surface area contributed by atoms with Gasteiger partial charge in [0.2, 0.25) is 0 Å². The summed E-state index contributed by atoms with van der Waals surface area (Å²) in [5, 5.41) is 6.52. The summed E-state index contributed by atoms with van der Waals surface area (Å²) in [6, 6.07) is 11.9. The van der Waals surface area contributed by atoms with Crippen molar-refractivity contribution in [1.29, 1.82) is 0 Å². The fourth-order valence-electron chi connectivity index (χ4n) is 2.74. The summed E-state index contributed by atoms with van der Waals surface area (Å²) < 4.78 is 39.3. The summed E-state index contributed by atoms with van der Waals surface area (Å²) in [5.74, 6) is -0.637. The summed E-state index contributed by atoms with van der Waals surface area (Å²) in [5.41, 5.74) is 0.387. The van der Waals surface area contributed by atoms with Crippen molar-refractivity contribution in [2.45, 2.75) is 26.1 Å². The molecule has 0 bridgehead atoms. The standard InChI is InChI=1S/C20H18F3N3O/c1-12(2)25-16-9-8-14(20(21,22)23)11-15(16)19(27)26-17-7-3-5-13-6-4-10-24-18(13)17/h3-12,25H,1-2H3,(H,26,27). The van der Waals surface area contributed by atoms with E-state index in [1.54, 1.807) is 24.4 Å². The normalized spacial score (nSPS) is 11.6. The van der Waals surface area contributed by atoms with Crippen LogP contribution < -0.4 is 10.6 Å². The Hall–Kier alpha value is -3.09. The molecule has 0 saturated heterocycles. The molecule has 1 heterocycles. The molecule has 3 aromatic rings. The van der Waals surface area contributed by atoms with E-state index in [4.69, 9.17) is 0 Å². The summed E-state index contributed by atoms with van der Waals surface area (Å²) >= 11 is 0. The van der Waals surface area contributed by atoms with Crippen molar-refractivity contribution < 1.29 is 18.0 Å². The van der Waals surface area contributed by atoms with Gasteiger partial charge in [-0.2, -0.15) is 13.2 Å². The first kappa shape index (κ1) is 18.7. The van der Waals surface area contributed by atoms with Crippen LogP contribution in [0.25, 0.3) is 10.9 Å². The van der Waals surface area contributed by atoms with Crippen molar-refractivity contribution in [2.75, 3.05) is 10.6 Å². The number of hydrogen-bond donors (Lipinski definition) is 2. The van der Waals surface area contributed by atoms with E-state index in [1.807, 2.05) is 26.0 Å². The van der Waals surface area contributed by atoms with Gasteiger partial charge in [0.05, 0.1) is 22.3 Å². The molecule has 0 spiro atoms. The number of amides is 1. The highest BCUT2D eigenvalue weighted by atomic mass is 19.4. The molecule has 0 unspecified atom stereocenters. The second-order valence-corrected chi connectivity index (χ2v) is 6.39. The number of nitrogens with one attached hydrogen (secondary N) is 2. The first-order valence-electron chi connectivity index (χ1n) is 8.38. The molecule has 2 aromatic carbocycles. The van der Waals surface area contributed by atoms with Gasteiger partial charge in [-0.25, -0.2) is 0 Å². The van der Waals surface area contributed by atoms with E-state index < -0.39 is 17.6 Å². The van der Waals surface area contributed by atoms with Crippen molar-refractivity contribution in [2.24, 2.45) is 0 Å². The number of pyridine rings is 1. The Labute approximate surface area is 154 Å². The molecule has 140 valence electrons. The number of carbonyl (C=O) groups excluding carboxylic acids is 1. The fourth-order valence-corrected chi connectivity index (χ4v) is 2.74. The molecular formula is C20H18F3N3O. The predicted octanol–water partition coefficient (Wildman–Crippen LogP) is 5.33. The highest BCUT2D eigenvalue weighted by Gasteiger charge is 2.32. The van der Waals surface area contributed by atoms with Crippen molar-refractivity contribution in [3.8, 4) is 0 Å². The summed E-state index contributed by atoms with van der Waals surface area (Å²) in [4.78, 5) is 17.0. The molecule has 0 aliphatic heterocycles. The molecule has 27 heavy (non-hydrogen) atoms. The molecule has 3 rings (SSSR count). The monoisotopic (exact) mass is 373 g/mol. The summed E-state index contributed by atoms with van der Waals surface area (Å²) in [6.07, 6.45) is -2.94. The first-order valence-corrected chi connectivity index (χ1v) is 8.38. The van der Waals surface area contributed by atoms with E-state index >= 15 is 0 Å². The highest BCUT2D eigenvalue weighted by Crippen LogP contribution is 2.32. The minimum Gasteiger partial charge on any atom is -0.382 e. The van der Waals surface area contributed by atoms with Gasteiger partial charge in [0.25, 0.3) is 5.91 Å². The molecule has 7 heteroatoms. The van der Waals surface area contributed by atoms with Gasteiger partial charge in [0, 0.05) is 23.3 Å². The van der Waals surface area contributed by atoms with Gasteiger partial charge in [-0.3, -0.25) is 9.78 Å². The van der Waals surface area contributed by atoms with Crippen LogP contribution >= 0.6 is 0 Å². The Morgan fingerprint density at radius 3 is 2.48 bits per heavy atom. The maximum Gasteiger partial charge on any atom is 0.416 e. The van der Waals surface area contributed by atoms with Crippen LogP contribution in [-0.2, 0) is 6.18 Å². The molecule has 1 amide bonds. The number of hydrogen-bond acceptors (Lipinski definition) is 3. The van der Waals surface area contributed by atoms with Gasteiger partial charge >= 0.3 is 6.18 Å². The Bertz CT molecular complexity index is 978. The van der Waals surface area contributed by atoms with Crippen LogP contribution in [0.3, 0.4) is 0 Å². The number of halogens is 3. The van der Waals surface area contributed by atoms with E-state index in [0.29, 0.717) is 16.9 Å². The lowest BCUT2D eigenvalue weighted by Gasteiger charge is -2.17. The number of nitrogens with zero attached hydrogens (tertiary/aromatic N) is 1. The Balaban J connectivity index is 2.01. The fraction of sp³-hybridized carbons (Fsp3) is 0.200. The molecule has 1 aromatic heterocycles. The van der Waals surface area contributed by atoms with Crippen LogP contribution in [0.15, 0.2) is 54.7 Å². The van der Waals surface area contributed by atoms with E-state index in [-0.39, 0.29) is 11.6 Å². The number of benzene rings is 2. The quantitative estimate of drug-likeness (QED) is 0.650. The third kappa shape index (κ3) is 4.19. The van der Waals surface area contributed by atoms with Crippen LogP contribution in [-0.4, -0.2) is 16.9 Å². The van der Waals surface area contributed by atoms with Crippen molar-refractivity contribution in [3.05, 3.63) is 65.9 Å². The molecule has 0 radical (unpaired) electrons. The zero-order valence-corrected chi connectivity index (χ0v) is 14.8. The number of alkyl halides is 3. The smallest absolute Gasteiger partial charge is 0.382 e. The van der Waals surface area contributed by atoms with Crippen LogP contribution in [0.2, 0.25) is 0 Å². The third-order valence-electron chi connectivity index (χ3n) is 3.92. The van der Waals surface area contributed by atoms with Gasteiger partial charge in [-0.15, -0.1) is 0 Å². The van der Waals surface area contributed by atoms with Crippen LogP contribution in [0.4, 0.5) is 24.5 Å². The Kier molecular flexibility index (Phi) is 5.03. The van der Waals surface area contributed by atoms with Crippen molar-refractivity contribution in [3.63, 3.8) is 0 Å². The third-order valence-corrected chi connectivity index (χ3v) is 3.92. The molecule has 0 aliphatic carbocycles. The number of anilines is 2. The SMILES string of the molecule is CC(C)Nc1ccc(C(F)(F)F)cc1C(=O)Nc1cccc2cccnc12. The molecule has 0 atom stereocenters. The van der Waals surface area contributed by atoms with Crippen LogP contribution in [0.1, 0.15) is 29.8 Å². The number of para-hydroxylation sites is 1. The topological polar surface area (TPSA) is 54.0 Å². The molecule has 0 saturated carbocycles. The summed E-state index contributed by atoms with van der Waals surface area (Å²) in [6.45, 7) is 3.68. The van der Waals surface area contributed by atoms with Crippen molar-refractivity contribution in [1.82, 2.24) is 4.98 Å². The largest absolute Gasteiger partial charge is 0.416 e. The zero-order valence-electron chi connectivity index (χ0n) is 14.8. The molecule has 4 nitrogen and oxygen atoms in total. The number of fused-ring (bicyclic) bond motifs is 1. The minimum atomic E-state index is -4.54. The Morgan fingerprint density at radius 2 is 1.78 bits per heavy atom. The van der Waals surface area contributed by atoms with E-state index in [2.05, 4.69) is 15.6 Å².